The second-order valence-corrected chi connectivity index (χ2v) is 7.16. The molecule has 0 amide bonds. The van der Waals surface area contributed by atoms with Crippen LogP contribution < -0.4 is 10.6 Å². The summed E-state index contributed by atoms with van der Waals surface area (Å²) in [5.74, 6) is 0.853. The molecule has 0 aromatic heterocycles. The second kappa shape index (κ2) is 14.4. The minimum Gasteiger partial charge on any atom is -0.382 e. The largest absolute Gasteiger partial charge is 0.382 e. The van der Waals surface area contributed by atoms with Crippen LogP contribution in [0.4, 0.5) is 0 Å². The maximum Gasteiger partial charge on any atom is 0.190 e. The number of hydrogen-bond donors (Lipinski definition) is 2. The summed E-state index contributed by atoms with van der Waals surface area (Å²) in [6.45, 7) is 9.43. The predicted octanol–water partition coefficient (Wildman–Crippen LogP) is 2.65. The summed E-state index contributed by atoms with van der Waals surface area (Å²) in [5, 5.41) is 6.65. The van der Waals surface area contributed by atoms with E-state index in [1.807, 2.05) is 6.92 Å². The van der Waals surface area contributed by atoms with Crippen molar-refractivity contribution in [2.24, 2.45) is 4.99 Å². The van der Waals surface area contributed by atoms with Gasteiger partial charge in [-0.25, -0.2) is 0 Å². The van der Waals surface area contributed by atoms with E-state index < -0.39 is 0 Å². The summed E-state index contributed by atoms with van der Waals surface area (Å²) < 4.78 is 11.4. The van der Waals surface area contributed by atoms with Gasteiger partial charge in [-0.05, 0) is 38.2 Å². The molecule has 1 aromatic rings. The van der Waals surface area contributed by atoms with E-state index >= 15 is 0 Å². The fourth-order valence-corrected chi connectivity index (χ4v) is 3.35. The van der Waals surface area contributed by atoms with Gasteiger partial charge >= 0.3 is 0 Å². The molecular formula is C22H38N4O2. The standard InChI is InChI=1S/C22H38N4O2/c1-3-27-17-7-13-24-22(23-2)25-14-8-18-28-21-11-15-26(16-12-21)19-20-9-5-4-6-10-20/h4-6,9-10,21H,3,7-8,11-19H2,1-2H3,(H2,23,24,25). The molecule has 158 valence electrons. The van der Waals surface area contributed by atoms with Crippen molar-refractivity contribution < 1.29 is 9.47 Å². The average molecular weight is 391 g/mol. The fourth-order valence-electron chi connectivity index (χ4n) is 3.35. The Morgan fingerprint density at radius 3 is 2.39 bits per heavy atom. The highest BCUT2D eigenvalue weighted by Gasteiger charge is 2.19. The number of ether oxygens (including phenoxy) is 2. The SMILES string of the molecule is CCOCCCNC(=NC)NCCCOC1CCN(Cc2ccccc2)CC1. The van der Waals surface area contributed by atoms with Gasteiger partial charge < -0.3 is 20.1 Å². The lowest BCUT2D eigenvalue weighted by Crippen LogP contribution is -2.39. The van der Waals surface area contributed by atoms with E-state index in [1.165, 1.54) is 5.56 Å². The number of nitrogens with zero attached hydrogens (tertiary/aromatic N) is 2. The molecule has 2 rings (SSSR count). The van der Waals surface area contributed by atoms with E-state index in [0.29, 0.717) is 6.10 Å². The zero-order chi connectivity index (χ0) is 19.9. The summed E-state index contributed by atoms with van der Waals surface area (Å²) in [6, 6.07) is 10.7. The molecule has 0 saturated carbocycles. The van der Waals surface area contributed by atoms with Gasteiger partial charge in [0.2, 0.25) is 0 Å². The smallest absolute Gasteiger partial charge is 0.190 e. The molecule has 1 aromatic carbocycles. The van der Waals surface area contributed by atoms with Crippen LogP contribution in [0.5, 0.6) is 0 Å². The Balaban J connectivity index is 1.47. The summed E-state index contributed by atoms with van der Waals surface area (Å²) >= 11 is 0. The van der Waals surface area contributed by atoms with Gasteiger partial charge in [0, 0.05) is 59.6 Å². The molecule has 1 fully saturated rings. The van der Waals surface area contributed by atoms with Crippen LogP contribution in [0.3, 0.4) is 0 Å². The Kier molecular flexibility index (Phi) is 11.6. The van der Waals surface area contributed by atoms with Crippen molar-refractivity contribution >= 4 is 5.96 Å². The van der Waals surface area contributed by atoms with E-state index in [2.05, 4.69) is 50.9 Å². The molecule has 1 saturated heterocycles. The number of hydrogen-bond acceptors (Lipinski definition) is 4. The van der Waals surface area contributed by atoms with Gasteiger partial charge in [-0.2, -0.15) is 0 Å². The molecule has 1 heterocycles. The quantitative estimate of drug-likeness (QED) is 0.326. The highest BCUT2D eigenvalue weighted by atomic mass is 16.5. The molecule has 6 heteroatoms. The van der Waals surface area contributed by atoms with Gasteiger partial charge in [0.05, 0.1) is 6.10 Å². The minimum atomic E-state index is 0.406. The van der Waals surface area contributed by atoms with Crippen molar-refractivity contribution in [3.05, 3.63) is 35.9 Å². The highest BCUT2D eigenvalue weighted by molar-refractivity contribution is 5.79. The molecule has 0 spiro atoms. The van der Waals surface area contributed by atoms with Crippen molar-refractivity contribution in [3.8, 4) is 0 Å². The van der Waals surface area contributed by atoms with Gasteiger partial charge in [-0.3, -0.25) is 9.89 Å². The summed E-state index contributed by atoms with van der Waals surface area (Å²) in [6.07, 6.45) is 4.64. The van der Waals surface area contributed by atoms with Gasteiger partial charge in [0.25, 0.3) is 0 Å². The van der Waals surface area contributed by atoms with Crippen molar-refractivity contribution in [1.29, 1.82) is 0 Å². The molecule has 0 atom stereocenters. The Labute approximate surface area is 170 Å². The van der Waals surface area contributed by atoms with Crippen LogP contribution in [-0.2, 0) is 16.0 Å². The maximum atomic E-state index is 6.08. The van der Waals surface area contributed by atoms with Crippen molar-refractivity contribution in [2.45, 2.75) is 45.3 Å². The number of benzene rings is 1. The van der Waals surface area contributed by atoms with Gasteiger partial charge in [-0.15, -0.1) is 0 Å². The van der Waals surface area contributed by atoms with Crippen LogP contribution in [0.15, 0.2) is 35.3 Å². The Hall–Kier alpha value is -1.63. The lowest BCUT2D eigenvalue weighted by atomic mass is 10.1. The van der Waals surface area contributed by atoms with E-state index in [-0.39, 0.29) is 0 Å². The molecule has 6 nitrogen and oxygen atoms in total. The van der Waals surface area contributed by atoms with E-state index in [9.17, 15) is 0 Å². The zero-order valence-electron chi connectivity index (χ0n) is 17.7. The first kappa shape index (κ1) is 22.7. The van der Waals surface area contributed by atoms with Crippen molar-refractivity contribution in [2.75, 3.05) is 53.0 Å². The normalized spacial score (nSPS) is 16.3. The number of rotatable bonds is 12. The first-order valence-electron chi connectivity index (χ1n) is 10.7. The number of guanidine groups is 1. The zero-order valence-corrected chi connectivity index (χ0v) is 17.7. The molecule has 0 radical (unpaired) electrons. The Bertz CT molecular complexity index is 531. The average Bonchev–Trinajstić information content (AvgIpc) is 2.74. The topological polar surface area (TPSA) is 58.1 Å². The molecule has 0 unspecified atom stereocenters. The highest BCUT2D eigenvalue weighted by Crippen LogP contribution is 2.16. The first-order valence-corrected chi connectivity index (χ1v) is 10.7. The lowest BCUT2D eigenvalue weighted by Gasteiger charge is -2.32. The van der Waals surface area contributed by atoms with E-state index in [0.717, 1.165) is 84.2 Å². The third kappa shape index (κ3) is 9.53. The monoisotopic (exact) mass is 390 g/mol. The predicted molar refractivity (Wildman–Crippen MR) is 116 cm³/mol. The number of piperidine rings is 1. The lowest BCUT2D eigenvalue weighted by molar-refractivity contribution is 0.00534. The third-order valence-corrected chi connectivity index (χ3v) is 4.94. The number of likely N-dealkylation sites (tertiary alicyclic amines) is 1. The van der Waals surface area contributed by atoms with Gasteiger partial charge in [0.15, 0.2) is 5.96 Å². The van der Waals surface area contributed by atoms with Crippen molar-refractivity contribution in [3.63, 3.8) is 0 Å². The van der Waals surface area contributed by atoms with Crippen LogP contribution in [0.2, 0.25) is 0 Å². The minimum absolute atomic E-state index is 0.406. The summed E-state index contributed by atoms with van der Waals surface area (Å²) in [5.41, 5.74) is 1.40. The number of aliphatic imine (C=N–C) groups is 1. The van der Waals surface area contributed by atoms with Gasteiger partial charge in [-0.1, -0.05) is 30.3 Å². The first-order chi connectivity index (χ1) is 13.8. The molecule has 1 aliphatic rings. The van der Waals surface area contributed by atoms with Crippen molar-refractivity contribution in [1.82, 2.24) is 15.5 Å². The second-order valence-electron chi connectivity index (χ2n) is 7.16. The number of nitrogens with one attached hydrogen (secondary N) is 2. The van der Waals surface area contributed by atoms with Crippen LogP contribution in [0.1, 0.15) is 38.2 Å². The molecule has 2 N–H and O–H groups in total. The maximum absolute atomic E-state index is 6.08. The molecule has 0 bridgehead atoms. The van der Waals surface area contributed by atoms with E-state index in [4.69, 9.17) is 9.47 Å². The van der Waals surface area contributed by atoms with Crippen LogP contribution in [-0.4, -0.2) is 70.0 Å². The van der Waals surface area contributed by atoms with Gasteiger partial charge in [0.1, 0.15) is 0 Å². The molecular weight excluding hydrogens is 352 g/mol. The molecule has 1 aliphatic heterocycles. The molecule has 28 heavy (non-hydrogen) atoms. The van der Waals surface area contributed by atoms with E-state index in [1.54, 1.807) is 7.05 Å². The summed E-state index contributed by atoms with van der Waals surface area (Å²) in [4.78, 5) is 6.77. The third-order valence-electron chi connectivity index (χ3n) is 4.94. The summed E-state index contributed by atoms with van der Waals surface area (Å²) in [7, 11) is 1.80. The van der Waals surface area contributed by atoms with Crippen LogP contribution in [0.25, 0.3) is 0 Å². The fraction of sp³-hybridized carbons (Fsp3) is 0.682. The van der Waals surface area contributed by atoms with Crippen LogP contribution in [0, 0.1) is 0 Å². The van der Waals surface area contributed by atoms with Crippen LogP contribution >= 0.6 is 0 Å². The Morgan fingerprint density at radius 1 is 1.07 bits per heavy atom. The molecule has 0 aliphatic carbocycles. The Morgan fingerprint density at radius 2 is 1.75 bits per heavy atom.